The largest absolute Gasteiger partial charge is 0.493 e. The van der Waals surface area contributed by atoms with Gasteiger partial charge in [-0.25, -0.2) is 12.8 Å². The highest BCUT2D eigenvalue weighted by atomic mass is 32.2. The molecule has 1 heterocycles. The van der Waals surface area contributed by atoms with Gasteiger partial charge in [0.15, 0.2) is 16.4 Å². The number of benzene rings is 2. The lowest BCUT2D eigenvalue weighted by Gasteiger charge is -2.32. The van der Waals surface area contributed by atoms with Crippen molar-refractivity contribution in [3.8, 4) is 11.5 Å². The molecule has 0 unspecified atom stereocenters. The SMILES string of the molecule is C=CCN1c2cc(OC)c(OC)cc2C(C)=C(C(=O)NCCc2ccc(F)cc2)S1(=O)=O. The van der Waals surface area contributed by atoms with E-state index in [-0.39, 0.29) is 23.8 Å². The molecule has 9 heteroatoms. The summed E-state index contributed by atoms with van der Waals surface area (Å²) in [6, 6.07) is 9.13. The molecule has 7 nitrogen and oxygen atoms in total. The number of anilines is 1. The standard InChI is InChI=1S/C23H25FN2O5S/c1-5-12-26-19-14-21(31-4)20(30-3)13-18(19)15(2)22(32(26,28)29)23(27)25-11-10-16-6-8-17(24)9-7-16/h5-9,13-14H,1,10-12H2,2-4H3,(H,25,27). The van der Waals surface area contributed by atoms with Gasteiger partial charge < -0.3 is 14.8 Å². The van der Waals surface area contributed by atoms with Crippen LogP contribution in [0.5, 0.6) is 11.5 Å². The van der Waals surface area contributed by atoms with Crippen LogP contribution in [0.25, 0.3) is 5.57 Å². The van der Waals surface area contributed by atoms with Gasteiger partial charge >= 0.3 is 0 Å². The second-order valence-electron chi connectivity index (χ2n) is 7.14. The van der Waals surface area contributed by atoms with Crippen molar-refractivity contribution in [3.05, 3.63) is 70.9 Å². The summed E-state index contributed by atoms with van der Waals surface area (Å²) in [6.07, 6.45) is 1.87. The fraction of sp³-hybridized carbons (Fsp3) is 0.261. The molecule has 1 amide bonds. The first-order valence-electron chi connectivity index (χ1n) is 9.88. The van der Waals surface area contributed by atoms with Gasteiger partial charge in [-0.05, 0) is 42.7 Å². The Hall–Kier alpha value is -3.33. The Bertz CT molecular complexity index is 1170. The number of halogens is 1. The number of sulfonamides is 1. The van der Waals surface area contributed by atoms with Gasteiger partial charge in [0.05, 0.1) is 26.5 Å². The summed E-state index contributed by atoms with van der Waals surface area (Å²) in [5.41, 5.74) is 2.05. The first kappa shape index (κ1) is 23.3. The molecule has 0 aliphatic carbocycles. The molecule has 0 aromatic heterocycles. The number of fused-ring (bicyclic) bond motifs is 1. The van der Waals surface area contributed by atoms with E-state index in [0.29, 0.717) is 34.7 Å². The number of nitrogens with zero attached hydrogens (tertiary/aromatic N) is 1. The molecule has 0 spiro atoms. The normalized spacial score (nSPS) is 14.6. The van der Waals surface area contributed by atoms with Crippen LogP contribution in [0.15, 0.2) is 54.0 Å². The van der Waals surface area contributed by atoms with Crippen LogP contribution in [0.3, 0.4) is 0 Å². The van der Waals surface area contributed by atoms with Crippen molar-refractivity contribution in [2.24, 2.45) is 0 Å². The van der Waals surface area contributed by atoms with Gasteiger partial charge in [-0.3, -0.25) is 9.10 Å². The minimum Gasteiger partial charge on any atom is -0.493 e. The van der Waals surface area contributed by atoms with Gasteiger partial charge in [0.25, 0.3) is 15.9 Å². The number of allylic oxidation sites excluding steroid dienone is 1. The highest BCUT2D eigenvalue weighted by molar-refractivity contribution is 7.97. The van der Waals surface area contributed by atoms with Gasteiger partial charge in [0, 0.05) is 18.2 Å². The van der Waals surface area contributed by atoms with Gasteiger partial charge in [0.2, 0.25) is 0 Å². The van der Waals surface area contributed by atoms with Crippen LogP contribution in [-0.2, 0) is 21.2 Å². The Balaban J connectivity index is 1.98. The van der Waals surface area contributed by atoms with Crippen molar-refractivity contribution in [1.29, 1.82) is 0 Å². The van der Waals surface area contributed by atoms with Crippen LogP contribution in [0, 0.1) is 5.82 Å². The maximum absolute atomic E-state index is 13.4. The predicted octanol–water partition coefficient (Wildman–Crippen LogP) is 3.27. The summed E-state index contributed by atoms with van der Waals surface area (Å²) in [4.78, 5) is 12.7. The summed E-state index contributed by atoms with van der Waals surface area (Å²) >= 11 is 0. The zero-order valence-corrected chi connectivity index (χ0v) is 19.0. The van der Waals surface area contributed by atoms with Crippen LogP contribution in [0.4, 0.5) is 10.1 Å². The van der Waals surface area contributed by atoms with E-state index in [1.807, 2.05) is 0 Å². The summed E-state index contributed by atoms with van der Waals surface area (Å²) < 4.78 is 51.6. The monoisotopic (exact) mass is 460 g/mol. The Kier molecular flexibility index (Phi) is 6.88. The van der Waals surface area contributed by atoms with Crippen LogP contribution < -0.4 is 19.1 Å². The Labute approximate surface area is 187 Å². The number of rotatable bonds is 8. The van der Waals surface area contributed by atoms with Gasteiger partial charge in [-0.15, -0.1) is 6.58 Å². The van der Waals surface area contributed by atoms with Crippen LogP contribution >= 0.6 is 0 Å². The first-order chi connectivity index (χ1) is 15.2. The third-order valence-electron chi connectivity index (χ3n) is 5.18. The summed E-state index contributed by atoms with van der Waals surface area (Å²) in [5, 5.41) is 2.67. The van der Waals surface area contributed by atoms with E-state index in [9.17, 15) is 17.6 Å². The fourth-order valence-corrected chi connectivity index (χ4v) is 5.32. The average Bonchev–Trinajstić information content (AvgIpc) is 2.77. The van der Waals surface area contributed by atoms with Crippen LogP contribution in [0.2, 0.25) is 0 Å². The lowest BCUT2D eigenvalue weighted by Crippen LogP contribution is -2.41. The molecule has 3 rings (SSSR count). The first-order valence-corrected chi connectivity index (χ1v) is 11.3. The minimum atomic E-state index is -4.15. The maximum atomic E-state index is 13.4. The number of methoxy groups -OCH3 is 2. The molecule has 32 heavy (non-hydrogen) atoms. The van der Waals surface area contributed by atoms with E-state index in [4.69, 9.17) is 9.47 Å². The van der Waals surface area contributed by atoms with E-state index < -0.39 is 15.9 Å². The summed E-state index contributed by atoms with van der Waals surface area (Å²) in [6.45, 7) is 5.40. The summed E-state index contributed by atoms with van der Waals surface area (Å²) in [5.74, 6) is -0.269. The Morgan fingerprint density at radius 3 is 2.38 bits per heavy atom. The van der Waals surface area contributed by atoms with Gasteiger partial charge in [-0.1, -0.05) is 18.2 Å². The minimum absolute atomic E-state index is 0.0234. The van der Waals surface area contributed by atoms with Crippen molar-refractivity contribution in [2.45, 2.75) is 13.3 Å². The van der Waals surface area contributed by atoms with Crippen molar-refractivity contribution < 1.29 is 27.1 Å². The van der Waals surface area contributed by atoms with Gasteiger partial charge in [0.1, 0.15) is 5.82 Å². The smallest absolute Gasteiger partial charge is 0.270 e. The second-order valence-corrected chi connectivity index (χ2v) is 8.93. The quantitative estimate of drug-likeness (QED) is 0.612. The third-order valence-corrected chi connectivity index (χ3v) is 7.11. The Morgan fingerprint density at radius 1 is 1.16 bits per heavy atom. The zero-order chi connectivity index (χ0) is 23.5. The molecular weight excluding hydrogens is 435 g/mol. The predicted molar refractivity (Wildman–Crippen MR) is 122 cm³/mol. The molecule has 1 aliphatic rings. The molecule has 0 fully saturated rings. The number of nitrogens with one attached hydrogen (secondary N) is 1. The molecule has 0 atom stereocenters. The lowest BCUT2D eigenvalue weighted by molar-refractivity contribution is -0.116. The molecule has 0 bridgehead atoms. The Morgan fingerprint density at radius 2 is 1.78 bits per heavy atom. The summed E-state index contributed by atoms with van der Waals surface area (Å²) in [7, 11) is -1.21. The molecule has 2 aromatic carbocycles. The van der Waals surface area contributed by atoms with E-state index in [2.05, 4.69) is 11.9 Å². The third kappa shape index (κ3) is 4.34. The van der Waals surface area contributed by atoms with Crippen LogP contribution in [-0.4, -0.2) is 41.6 Å². The van der Waals surface area contributed by atoms with Crippen molar-refractivity contribution >= 4 is 27.2 Å². The van der Waals surface area contributed by atoms with E-state index in [1.165, 1.54) is 32.4 Å². The average molecular weight is 461 g/mol. The van der Waals surface area contributed by atoms with Crippen molar-refractivity contribution in [1.82, 2.24) is 5.32 Å². The highest BCUT2D eigenvalue weighted by Gasteiger charge is 2.39. The lowest BCUT2D eigenvalue weighted by atomic mass is 10.0. The molecule has 0 saturated carbocycles. The number of carbonyl (C=O) groups excluding carboxylic acids is 1. The number of hydrogen-bond donors (Lipinski definition) is 1. The van der Waals surface area contributed by atoms with Gasteiger partial charge in [-0.2, -0.15) is 0 Å². The number of amides is 1. The zero-order valence-electron chi connectivity index (χ0n) is 18.1. The molecule has 1 aliphatic heterocycles. The molecular formula is C23H25FN2O5S. The van der Waals surface area contributed by atoms with Crippen molar-refractivity contribution in [2.75, 3.05) is 31.6 Å². The number of hydrogen-bond acceptors (Lipinski definition) is 5. The topological polar surface area (TPSA) is 84.9 Å². The molecule has 170 valence electrons. The number of ether oxygens (including phenoxy) is 2. The molecule has 2 aromatic rings. The second kappa shape index (κ2) is 9.44. The number of carbonyl (C=O) groups is 1. The van der Waals surface area contributed by atoms with E-state index >= 15 is 0 Å². The molecule has 0 saturated heterocycles. The molecule has 0 radical (unpaired) electrons. The van der Waals surface area contributed by atoms with Crippen molar-refractivity contribution in [3.63, 3.8) is 0 Å². The van der Waals surface area contributed by atoms with E-state index in [1.54, 1.807) is 31.2 Å². The highest BCUT2D eigenvalue weighted by Crippen LogP contribution is 2.44. The maximum Gasteiger partial charge on any atom is 0.270 e. The van der Waals surface area contributed by atoms with Crippen LogP contribution in [0.1, 0.15) is 18.1 Å². The fourth-order valence-electron chi connectivity index (χ4n) is 3.58. The molecule has 1 N–H and O–H groups in total. The van der Waals surface area contributed by atoms with E-state index in [0.717, 1.165) is 9.87 Å².